The van der Waals surface area contributed by atoms with E-state index in [4.69, 9.17) is 9.47 Å². The van der Waals surface area contributed by atoms with Gasteiger partial charge >= 0.3 is 6.16 Å². The Morgan fingerprint density at radius 2 is 1.37 bits per heavy atom. The maximum atomic E-state index is 11.7. The molecule has 184 valence electrons. The van der Waals surface area contributed by atoms with Crippen molar-refractivity contribution < 1.29 is 24.1 Å². The van der Waals surface area contributed by atoms with Crippen LogP contribution in [0.1, 0.15) is 31.9 Å². The molecular weight excluding hydrogens is 520 g/mol. The summed E-state index contributed by atoms with van der Waals surface area (Å²) >= 11 is 3.16. The first-order valence-corrected chi connectivity index (χ1v) is 11.2. The molecule has 0 aliphatic heterocycles. The number of nitro groups is 2. The number of halogens is 1. The topological polar surface area (TPSA) is 122 Å². The minimum Gasteiger partial charge on any atom is -0.428 e. The molecule has 0 aromatic heterocycles. The SMILES string of the molecule is Cc1ccc(-c2cccc(OC(=O)OC(C)(C)C)c2)cc1[N+](=O)[O-].Cc1ccc(Br)cc1[N+](=O)[O-]. The summed E-state index contributed by atoms with van der Waals surface area (Å²) in [6.45, 7) is 8.64. The smallest absolute Gasteiger partial charge is 0.428 e. The molecule has 0 heterocycles. The van der Waals surface area contributed by atoms with E-state index in [0.717, 1.165) is 4.47 Å². The molecule has 10 heteroatoms. The van der Waals surface area contributed by atoms with Crippen molar-refractivity contribution in [2.75, 3.05) is 0 Å². The van der Waals surface area contributed by atoms with E-state index < -0.39 is 16.7 Å². The van der Waals surface area contributed by atoms with Crippen molar-refractivity contribution in [3.05, 3.63) is 96.5 Å². The maximum Gasteiger partial charge on any atom is 0.514 e. The second-order valence-electron chi connectivity index (χ2n) is 8.54. The number of ether oxygens (including phenoxy) is 2. The third-order valence-electron chi connectivity index (χ3n) is 4.53. The Balaban J connectivity index is 0.000000328. The van der Waals surface area contributed by atoms with Crippen LogP contribution in [0, 0.1) is 34.1 Å². The highest BCUT2D eigenvalue weighted by Crippen LogP contribution is 2.29. The van der Waals surface area contributed by atoms with Gasteiger partial charge in [0.05, 0.1) is 9.85 Å². The van der Waals surface area contributed by atoms with E-state index in [1.807, 2.05) is 0 Å². The zero-order chi connectivity index (χ0) is 26.3. The number of nitrogens with zero attached hydrogens (tertiary/aromatic N) is 2. The van der Waals surface area contributed by atoms with Crippen LogP contribution in [0.3, 0.4) is 0 Å². The summed E-state index contributed by atoms with van der Waals surface area (Å²) in [7, 11) is 0. The van der Waals surface area contributed by atoms with Crippen LogP contribution < -0.4 is 4.74 Å². The monoisotopic (exact) mass is 544 g/mol. The van der Waals surface area contributed by atoms with Gasteiger partial charge in [-0.1, -0.05) is 46.3 Å². The molecule has 3 aromatic rings. The van der Waals surface area contributed by atoms with Gasteiger partial charge in [-0.3, -0.25) is 20.2 Å². The van der Waals surface area contributed by atoms with Crippen LogP contribution in [-0.2, 0) is 4.74 Å². The van der Waals surface area contributed by atoms with Crippen molar-refractivity contribution in [2.45, 2.75) is 40.2 Å². The predicted molar refractivity (Wildman–Crippen MR) is 136 cm³/mol. The number of nitro benzene ring substituents is 2. The molecule has 3 aromatic carbocycles. The van der Waals surface area contributed by atoms with Crippen molar-refractivity contribution in [1.82, 2.24) is 0 Å². The quantitative estimate of drug-likeness (QED) is 0.144. The predicted octanol–water partition coefficient (Wildman–Crippen LogP) is 7.55. The third-order valence-corrected chi connectivity index (χ3v) is 5.03. The van der Waals surface area contributed by atoms with Crippen LogP contribution in [-0.4, -0.2) is 21.6 Å². The van der Waals surface area contributed by atoms with Gasteiger partial charge in [-0.25, -0.2) is 4.79 Å². The van der Waals surface area contributed by atoms with Crippen LogP contribution in [0.2, 0.25) is 0 Å². The molecule has 0 radical (unpaired) electrons. The molecule has 0 unspecified atom stereocenters. The van der Waals surface area contributed by atoms with Gasteiger partial charge in [-0.05, 0) is 63.9 Å². The maximum absolute atomic E-state index is 11.7. The minimum absolute atomic E-state index is 0.0472. The van der Waals surface area contributed by atoms with E-state index in [0.29, 0.717) is 28.0 Å². The third kappa shape index (κ3) is 8.49. The second-order valence-corrected chi connectivity index (χ2v) is 9.46. The molecule has 0 saturated heterocycles. The summed E-state index contributed by atoms with van der Waals surface area (Å²) in [6.07, 6.45) is -0.797. The molecular formula is C25H25BrN2O7. The summed E-state index contributed by atoms with van der Waals surface area (Å²) < 4.78 is 11.0. The lowest BCUT2D eigenvalue weighted by atomic mass is 10.0. The Hall–Kier alpha value is -3.79. The molecule has 0 fully saturated rings. The largest absolute Gasteiger partial charge is 0.514 e. The normalized spacial score (nSPS) is 10.6. The van der Waals surface area contributed by atoms with Crippen molar-refractivity contribution in [1.29, 1.82) is 0 Å². The van der Waals surface area contributed by atoms with Gasteiger partial charge in [-0.15, -0.1) is 0 Å². The number of benzene rings is 3. The molecule has 3 rings (SSSR count). The second kappa shape index (κ2) is 11.6. The molecule has 0 atom stereocenters. The molecule has 35 heavy (non-hydrogen) atoms. The first-order chi connectivity index (χ1) is 16.3. The van der Waals surface area contributed by atoms with Crippen LogP contribution in [0.15, 0.2) is 65.1 Å². The molecule has 0 saturated carbocycles. The Morgan fingerprint density at radius 3 is 1.91 bits per heavy atom. The van der Waals surface area contributed by atoms with E-state index in [-0.39, 0.29) is 16.3 Å². The first-order valence-electron chi connectivity index (χ1n) is 10.4. The molecule has 0 aliphatic carbocycles. The van der Waals surface area contributed by atoms with Gasteiger partial charge in [0, 0.05) is 27.7 Å². The Kier molecular flexibility index (Phi) is 9.07. The van der Waals surface area contributed by atoms with E-state index >= 15 is 0 Å². The number of aryl methyl sites for hydroxylation is 2. The number of hydrogen-bond donors (Lipinski definition) is 0. The highest BCUT2D eigenvalue weighted by atomic mass is 79.9. The number of rotatable bonds is 4. The van der Waals surface area contributed by atoms with Crippen molar-refractivity contribution >= 4 is 33.5 Å². The average molecular weight is 545 g/mol. The van der Waals surface area contributed by atoms with Gasteiger partial charge in [0.2, 0.25) is 0 Å². The lowest BCUT2D eigenvalue weighted by Crippen LogP contribution is -2.25. The lowest BCUT2D eigenvalue weighted by molar-refractivity contribution is -0.385. The Morgan fingerprint density at radius 1 is 0.829 bits per heavy atom. The lowest BCUT2D eigenvalue weighted by Gasteiger charge is -2.18. The van der Waals surface area contributed by atoms with E-state index in [1.54, 1.807) is 83.1 Å². The molecule has 0 amide bonds. The van der Waals surface area contributed by atoms with E-state index in [2.05, 4.69) is 15.9 Å². The van der Waals surface area contributed by atoms with Gasteiger partial charge in [0.1, 0.15) is 11.4 Å². The highest BCUT2D eigenvalue weighted by molar-refractivity contribution is 9.10. The van der Waals surface area contributed by atoms with Gasteiger partial charge in [0.15, 0.2) is 0 Å². The van der Waals surface area contributed by atoms with Gasteiger partial charge in [-0.2, -0.15) is 0 Å². The molecule has 0 spiro atoms. The zero-order valence-electron chi connectivity index (χ0n) is 19.9. The summed E-state index contributed by atoms with van der Waals surface area (Å²) in [6, 6.07) is 16.7. The summed E-state index contributed by atoms with van der Waals surface area (Å²) in [5.74, 6) is 0.310. The fourth-order valence-corrected chi connectivity index (χ4v) is 3.22. The average Bonchev–Trinajstić information content (AvgIpc) is 2.74. The zero-order valence-corrected chi connectivity index (χ0v) is 21.5. The summed E-state index contributed by atoms with van der Waals surface area (Å²) in [5, 5.41) is 21.4. The van der Waals surface area contributed by atoms with Crippen molar-refractivity contribution in [3.63, 3.8) is 0 Å². The van der Waals surface area contributed by atoms with Crippen LogP contribution in [0.5, 0.6) is 5.75 Å². The fourth-order valence-electron chi connectivity index (χ4n) is 2.87. The standard InChI is InChI=1S/C18H19NO5.C7H6BrNO2/c1-12-8-9-14(11-16(12)19(21)22)13-6-5-7-15(10-13)23-17(20)24-18(2,3)4;1-5-2-3-6(8)4-7(5)9(10)11/h5-11H,1-4H3;2-4H,1H3. The van der Waals surface area contributed by atoms with Gasteiger partial charge in [0.25, 0.3) is 11.4 Å². The number of carbonyl (C=O) groups excluding carboxylic acids is 1. The first kappa shape index (κ1) is 27.5. The van der Waals surface area contributed by atoms with Crippen LogP contribution >= 0.6 is 15.9 Å². The van der Waals surface area contributed by atoms with Crippen LogP contribution in [0.4, 0.5) is 16.2 Å². The molecule has 9 nitrogen and oxygen atoms in total. The minimum atomic E-state index is -0.797. The molecule has 0 bridgehead atoms. The highest BCUT2D eigenvalue weighted by Gasteiger charge is 2.18. The van der Waals surface area contributed by atoms with Crippen LogP contribution in [0.25, 0.3) is 11.1 Å². The Bertz CT molecular complexity index is 1250. The van der Waals surface area contributed by atoms with E-state index in [9.17, 15) is 25.0 Å². The number of hydrogen-bond acceptors (Lipinski definition) is 7. The van der Waals surface area contributed by atoms with Crippen molar-refractivity contribution in [2.24, 2.45) is 0 Å². The molecule has 0 aliphatic rings. The van der Waals surface area contributed by atoms with Gasteiger partial charge < -0.3 is 9.47 Å². The number of carbonyl (C=O) groups is 1. The fraction of sp³-hybridized carbons (Fsp3) is 0.240. The summed E-state index contributed by atoms with van der Waals surface area (Å²) in [5.41, 5.74) is 2.20. The molecule has 0 N–H and O–H groups in total. The summed E-state index contributed by atoms with van der Waals surface area (Å²) in [4.78, 5) is 32.4. The van der Waals surface area contributed by atoms with E-state index in [1.165, 1.54) is 12.1 Å². The van der Waals surface area contributed by atoms with Crippen molar-refractivity contribution in [3.8, 4) is 16.9 Å². The Labute approximate surface area is 211 Å².